The van der Waals surface area contributed by atoms with E-state index in [4.69, 9.17) is 0 Å². The monoisotopic (exact) mass is 236 g/mol. The first-order valence-electron chi connectivity index (χ1n) is 5.37. The largest absolute Gasteiger partial charge is 0.452 e. The summed E-state index contributed by atoms with van der Waals surface area (Å²) in [6, 6.07) is 8.02. The van der Waals surface area contributed by atoms with Crippen LogP contribution in [-0.2, 0) is 14.3 Å². The van der Waals surface area contributed by atoms with E-state index < -0.39 is 18.4 Å². The van der Waals surface area contributed by atoms with Crippen molar-refractivity contribution in [2.24, 2.45) is 0 Å². The minimum Gasteiger partial charge on any atom is -0.452 e. The van der Waals surface area contributed by atoms with Crippen LogP contribution in [0.15, 0.2) is 30.3 Å². The molecule has 4 heteroatoms. The van der Waals surface area contributed by atoms with Gasteiger partial charge in [-0.05, 0) is 0 Å². The van der Waals surface area contributed by atoms with E-state index >= 15 is 0 Å². The molecule has 0 unspecified atom stereocenters. The molecule has 0 saturated heterocycles. The number of ether oxygens (including phenoxy) is 1. The van der Waals surface area contributed by atoms with Crippen LogP contribution >= 0.6 is 0 Å². The molecule has 92 valence electrons. The lowest BCUT2D eigenvalue weighted by molar-refractivity contribution is -0.140. The Hall–Kier alpha value is -1.97. The van der Waals surface area contributed by atoms with Crippen molar-refractivity contribution in [2.45, 2.75) is 20.3 Å². The van der Waals surface area contributed by atoms with E-state index in [1.807, 2.05) is 0 Å². The minimum atomic E-state index is -1.01. The van der Waals surface area contributed by atoms with Crippen molar-refractivity contribution < 1.29 is 19.1 Å². The van der Waals surface area contributed by atoms with Gasteiger partial charge >= 0.3 is 5.97 Å². The summed E-state index contributed by atoms with van der Waals surface area (Å²) in [4.78, 5) is 32.1. The van der Waals surface area contributed by atoms with Crippen molar-refractivity contribution in [1.82, 2.24) is 0 Å². The molecule has 0 radical (unpaired) electrons. The Morgan fingerprint density at radius 3 is 2.18 bits per heavy atom. The molecule has 0 aliphatic rings. The lowest BCUT2D eigenvalue weighted by atomic mass is 10.1. The zero-order valence-corrected chi connectivity index (χ0v) is 10.0. The van der Waals surface area contributed by atoms with Crippen molar-refractivity contribution >= 4 is 18.0 Å². The molecular weight excluding hydrogens is 220 g/mol. The number of aldehydes is 1. The quantitative estimate of drug-likeness (QED) is 0.347. The third-order valence-corrected chi connectivity index (χ3v) is 1.50. The highest BCUT2D eigenvalue weighted by Gasteiger charge is 2.16. The molecule has 0 heterocycles. The summed E-state index contributed by atoms with van der Waals surface area (Å²) in [6.45, 7) is 3.86. The number of carbonyl (C=O) groups is 3. The van der Waals surface area contributed by atoms with E-state index in [0.29, 0.717) is 6.29 Å². The Morgan fingerprint density at radius 1 is 1.18 bits per heavy atom. The summed E-state index contributed by atoms with van der Waals surface area (Å²) in [7, 11) is 0. The number of esters is 1. The van der Waals surface area contributed by atoms with E-state index in [1.54, 1.807) is 18.2 Å². The fourth-order valence-corrected chi connectivity index (χ4v) is 0.883. The van der Waals surface area contributed by atoms with Gasteiger partial charge in [0.05, 0.1) is 0 Å². The van der Waals surface area contributed by atoms with E-state index in [0.717, 1.165) is 0 Å². The predicted octanol–water partition coefficient (Wildman–Crippen LogP) is 2.03. The maximum absolute atomic E-state index is 11.3. The second kappa shape index (κ2) is 9.27. The normalized spacial score (nSPS) is 8.59. The zero-order chi connectivity index (χ0) is 13.1. The first-order chi connectivity index (χ1) is 8.17. The van der Waals surface area contributed by atoms with Crippen molar-refractivity contribution in [3.05, 3.63) is 35.9 Å². The maximum atomic E-state index is 11.3. The number of Topliss-reactive ketones (excluding diaryl/α,β-unsaturated/α-hetero) is 1. The summed E-state index contributed by atoms with van der Waals surface area (Å²) >= 11 is 0. The van der Waals surface area contributed by atoms with Crippen LogP contribution in [0.1, 0.15) is 30.6 Å². The summed E-state index contributed by atoms with van der Waals surface area (Å²) in [6.07, 6.45) is 1.66. The van der Waals surface area contributed by atoms with Gasteiger partial charge in [-0.15, -0.1) is 0 Å². The van der Waals surface area contributed by atoms with Crippen molar-refractivity contribution in [3.63, 3.8) is 0 Å². The summed E-state index contributed by atoms with van der Waals surface area (Å²) in [5, 5.41) is 0. The average molecular weight is 236 g/mol. The van der Waals surface area contributed by atoms with Gasteiger partial charge in [-0.25, -0.2) is 4.79 Å². The van der Waals surface area contributed by atoms with E-state index in [1.165, 1.54) is 18.6 Å². The summed E-state index contributed by atoms with van der Waals surface area (Å²) in [5.41, 5.74) is 0.253. The van der Waals surface area contributed by atoms with Gasteiger partial charge in [0.25, 0.3) is 5.78 Å². The molecule has 0 N–H and O–H groups in total. The molecular formula is C13H16O4. The van der Waals surface area contributed by atoms with Gasteiger partial charge < -0.3 is 4.74 Å². The van der Waals surface area contributed by atoms with Crippen LogP contribution in [0.3, 0.4) is 0 Å². The Bertz CT molecular complexity index is 357. The molecule has 0 aromatic heterocycles. The van der Waals surface area contributed by atoms with Crippen LogP contribution in [0.2, 0.25) is 0 Å². The van der Waals surface area contributed by atoms with Crippen molar-refractivity contribution in [2.75, 3.05) is 6.61 Å². The lowest BCUT2D eigenvalue weighted by Crippen LogP contribution is -2.18. The van der Waals surface area contributed by atoms with Gasteiger partial charge in [-0.2, -0.15) is 0 Å². The maximum Gasteiger partial charge on any atom is 0.380 e. The number of hydrogen-bond acceptors (Lipinski definition) is 4. The van der Waals surface area contributed by atoms with Crippen LogP contribution < -0.4 is 0 Å². The molecule has 0 saturated carbocycles. The number of carbonyl (C=O) groups excluding carboxylic acids is 3. The second-order valence-corrected chi connectivity index (χ2v) is 3.17. The Kier molecular flexibility index (Phi) is 8.20. The number of rotatable bonds is 4. The highest BCUT2D eigenvalue weighted by atomic mass is 16.5. The van der Waals surface area contributed by atoms with Crippen LogP contribution in [0.25, 0.3) is 0 Å². The molecule has 0 amide bonds. The predicted molar refractivity (Wildman–Crippen MR) is 63.8 cm³/mol. The third-order valence-electron chi connectivity index (χ3n) is 1.50. The van der Waals surface area contributed by atoms with Crippen molar-refractivity contribution in [3.8, 4) is 0 Å². The first kappa shape index (κ1) is 15.0. The van der Waals surface area contributed by atoms with Crippen molar-refractivity contribution in [1.29, 1.82) is 0 Å². The minimum absolute atomic E-state index is 0.253. The highest BCUT2D eigenvalue weighted by Crippen LogP contribution is 2.00. The molecule has 0 aliphatic carbocycles. The molecule has 0 atom stereocenters. The van der Waals surface area contributed by atoms with Gasteiger partial charge in [-0.1, -0.05) is 50.6 Å². The number of benzene rings is 1. The lowest BCUT2D eigenvalue weighted by Gasteiger charge is -1.99. The third kappa shape index (κ3) is 6.25. The average Bonchev–Trinajstić information content (AvgIpc) is 2.37. The summed E-state index contributed by atoms with van der Waals surface area (Å²) < 4.78 is 4.35. The Balaban J connectivity index is 0.000000770. The Morgan fingerprint density at radius 2 is 1.71 bits per heavy atom. The van der Waals surface area contributed by atoms with Gasteiger partial charge in [-0.3, -0.25) is 9.59 Å². The SMILES string of the molecule is CCC.O=CCOC(=O)C(=O)c1ccccc1. The smallest absolute Gasteiger partial charge is 0.380 e. The summed E-state index contributed by atoms with van der Waals surface area (Å²) in [5.74, 6) is -1.75. The van der Waals surface area contributed by atoms with E-state index in [-0.39, 0.29) is 5.56 Å². The van der Waals surface area contributed by atoms with Gasteiger partial charge in [0.15, 0.2) is 6.29 Å². The Labute approximate surface area is 101 Å². The zero-order valence-electron chi connectivity index (χ0n) is 10.0. The highest BCUT2D eigenvalue weighted by molar-refractivity contribution is 6.40. The molecule has 17 heavy (non-hydrogen) atoms. The molecule has 0 bridgehead atoms. The topological polar surface area (TPSA) is 60.4 Å². The number of hydrogen-bond donors (Lipinski definition) is 0. The molecule has 0 fully saturated rings. The molecule has 1 aromatic rings. The second-order valence-electron chi connectivity index (χ2n) is 3.17. The standard InChI is InChI=1S/C10H8O4.C3H8/c11-6-7-14-10(13)9(12)8-4-2-1-3-5-8;1-3-2/h1-6H,7H2;3H2,1-2H3. The molecule has 0 aliphatic heterocycles. The van der Waals surface area contributed by atoms with Crippen LogP contribution in [0.4, 0.5) is 0 Å². The van der Waals surface area contributed by atoms with Gasteiger partial charge in [0.1, 0.15) is 6.61 Å². The molecule has 1 aromatic carbocycles. The molecule has 0 spiro atoms. The van der Waals surface area contributed by atoms with Crippen LogP contribution in [-0.4, -0.2) is 24.6 Å². The molecule has 4 nitrogen and oxygen atoms in total. The van der Waals surface area contributed by atoms with E-state index in [2.05, 4.69) is 18.6 Å². The van der Waals surface area contributed by atoms with Gasteiger partial charge in [0.2, 0.25) is 0 Å². The molecule has 1 rings (SSSR count). The van der Waals surface area contributed by atoms with Gasteiger partial charge in [0, 0.05) is 5.56 Å². The fraction of sp³-hybridized carbons (Fsp3) is 0.308. The fourth-order valence-electron chi connectivity index (χ4n) is 0.883. The van der Waals surface area contributed by atoms with E-state index in [9.17, 15) is 14.4 Å². The first-order valence-corrected chi connectivity index (χ1v) is 5.37. The number of ketones is 1. The van der Waals surface area contributed by atoms with Crippen LogP contribution in [0, 0.1) is 0 Å². The van der Waals surface area contributed by atoms with Crippen LogP contribution in [0.5, 0.6) is 0 Å².